The lowest BCUT2D eigenvalue weighted by Gasteiger charge is -2.09. The highest BCUT2D eigenvalue weighted by Gasteiger charge is 2.06. The van der Waals surface area contributed by atoms with E-state index in [4.69, 9.17) is 0 Å². The molecule has 2 aromatic carbocycles. The molecule has 0 spiro atoms. The fraction of sp³-hybridized carbons (Fsp3) is 0.143. The van der Waals surface area contributed by atoms with Gasteiger partial charge >= 0.3 is 0 Å². The Morgan fingerprint density at radius 2 is 1.53 bits per heavy atom. The van der Waals surface area contributed by atoms with Gasteiger partial charge in [-0.2, -0.15) is 0 Å². The molecule has 0 unspecified atom stereocenters. The van der Waals surface area contributed by atoms with E-state index in [1.54, 1.807) is 0 Å². The maximum Gasteiger partial charge on any atom is 0.0285 e. The van der Waals surface area contributed by atoms with E-state index in [-0.39, 0.29) is 0 Å². The molecule has 0 aliphatic rings. The summed E-state index contributed by atoms with van der Waals surface area (Å²) in [5, 5.41) is 0. The van der Waals surface area contributed by atoms with Gasteiger partial charge in [-0.1, -0.05) is 42.5 Å². The molecule has 2 aromatic rings. The van der Waals surface area contributed by atoms with Crippen LogP contribution in [0.4, 0.5) is 0 Å². The highest BCUT2D eigenvalue weighted by atomic mass is 79.9. The van der Waals surface area contributed by atoms with Gasteiger partial charge in [-0.15, -0.1) is 0 Å². The minimum absolute atomic E-state index is 1.20. The Morgan fingerprint density at radius 1 is 0.867 bits per heavy atom. The Balaban J connectivity index is 2.60. The van der Waals surface area contributed by atoms with Crippen LogP contribution in [-0.2, 0) is 0 Å². The van der Waals surface area contributed by atoms with Crippen LogP contribution in [0.2, 0.25) is 0 Å². The maximum atomic E-state index is 3.67. The predicted molar refractivity (Wildman–Crippen MR) is 69.1 cm³/mol. The van der Waals surface area contributed by atoms with E-state index < -0.39 is 0 Å². The summed E-state index contributed by atoms with van der Waals surface area (Å²) >= 11 is 3.67. The Morgan fingerprint density at radius 3 is 2.20 bits per heavy atom. The molecule has 0 radical (unpaired) electrons. The first-order valence-electron chi connectivity index (χ1n) is 5.01. The van der Waals surface area contributed by atoms with Crippen LogP contribution in [-0.4, -0.2) is 0 Å². The van der Waals surface area contributed by atoms with Gasteiger partial charge in [0.05, 0.1) is 0 Å². The summed E-state index contributed by atoms with van der Waals surface area (Å²) in [5.74, 6) is 0. The van der Waals surface area contributed by atoms with Crippen LogP contribution in [0.5, 0.6) is 0 Å². The minimum Gasteiger partial charge on any atom is -0.0622 e. The third-order valence-electron chi connectivity index (χ3n) is 2.74. The van der Waals surface area contributed by atoms with E-state index >= 15 is 0 Å². The number of rotatable bonds is 1. The minimum atomic E-state index is 1.20. The molecule has 0 amide bonds. The summed E-state index contributed by atoms with van der Waals surface area (Å²) in [7, 11) is 0. The summed E-state index contributed by atoms with van der Waals surface area (Å²) in [6.45, 7) is 4.28. The van der Waals surface area contributed by atoms with Crippen molar-refractivity contribution in [3.8, 4) is 11.1 Å². The van der Waals surface area contributed by atoms with Gasteiger partial charge in [0.2, 0.25) is 0 Å². The standard InChI is InChI=1S/C14H13Br/c1-10-8-9-13(14(15)11(10)2)12-6-4-3-5-7-12/h3-9H,1-2H3. The zero-order chi connectivity index (χ0) is 10.8. The normalized spacial score (nSPS) is 10.3. The highest BCUT2D eigenvalue weighted by molar-refractivity contribution is 9.10. The monoisotopic (exact) mass is 260 g/mol. The second-order valence-electron chi connectivity index (χ2n) is 3.74. The molecule has 0 fully saturated rings. The lowest BCUT2D eigenvalue weighted by molar-refractivity contribution is 1.32. The summed E-state index contributed by atoms with van der Waals surface area (Å²) < 4.78 is 1.20. The molecule has 0 atom stereocenters. The van der Waals surface area contributed by atoms with E-state index in [0.717, 1.165) is 0 Å². The molecular weight excluding hydrogens is 248 g/mol. The molecule has 0 saturated heterocycles. The maximum absolute atomic E-state index is 3.67. The molecule has 0 saturated carbocycles. The molecule has 0 nitrogen and oxygen atoms in total. The number of hydrogen-bond donors (Lipinski definition) is 0. The van der Waals surface area contributed by atoms with Crippen molar-refractivity contribution in [1.82, 2.24) is 0 Å². The van der Waals surface area contributed by atoms with Gasteiger partial charge in [0.25, 0.3) is 0 Å². The molecule has 0 aliphatic heterocycles. The summed E-state index contributed by atoms with van der Waals surface area (Å²) in [6, 6.07) is 14.8. The second-order valence-corrected chi connectivity index (χ2v) is 4.53. The van der Waals surface area contributed by atoms with Gasteiger partial charge < -0.3 is 0 Å². The molecular formula is C14H13Br. The molecule has 15 heavy (non-hydrogen) atoms. The van der Waals surface area contributed by atoms with Crippen LogP contribution in [0.15, 0.2) is 46.9 Å². The Bertz CT molecular complexity index is 472. The summed E-state index contributed by atoms with van der Waals surface area (Å²) in [6.07, 6.45) is 0. The van der Waals surface area contributed by atoms with Crippen molar-refractivity contribution in [2.24, 2.45) is 0 Å². The van der Waals surface area contributed by atoms with Gasteiger partial charge in [0.15, 0.2) is 0 Å². The molecule has 0 N–H and O–H groups in total. The quantitative estimate of drug-likeness (QED) is 0.696. The van der Waals surface area contributed by atoms with E-state index in [9.17, 15) is 0 Å². The first kappa shape index (κ1) is 10.4. The lowest BCUT2D eigenvalue weighted by atomic mass is 10.0. The second kappa shape index (κ2) is 4.19. The zero-order valence-corrected chi connectivity index (χ0v) is 10.5. The van der Waals surface area contributed by atoms with E-state index in [1.807, 2.05) is 6.07 Å². The van der Waals surface area contributed by atoms with E-state index in [2.05, 4.69) is 66.2 Å². The van der Waals surface area contributed by atoms with Crippen LogP contribution in [0.25, 0.3) is 11.1 Å². The zero-order valence-electron chi connectivity index (χ0n) is 8.92. The van der Waals surface area contributed by atoms with Crippen molar-refractivity contribution in [3.05, 3.63) is 58.1 Å². The largest absolute Gasteiger partial charge is 0.0622 e. The van der Waals surface area contributed by atoms with Gasteiger partial charge in [-0.3, -0.25) is 0 Å². The SMILES string of the molecule is Cc1ccc(-c2ccccc2)c(Br)c1C. The van der Waals surface area contributed by atoms with Crippen molar-refractivity contribution in [1.29, 1.82) is 0 Å². The van der Waals surface area contributed by atoms with Crippen molar-refractivity contribution in [2.45, 2.75) is 13.8 Å². The third-order valence-corrected chi connectivity index (χ3v) is 3.76. The van der Waals surface area contributed by atoms with Gasteiger partial charge in [0.1, 0.15) is 0 Å². The molecule has 2 rings (SSSR count). The van der Waals surface area contributed by atoms with Crippen molar-refractivity contribution in [2.75, 3.05) is 0 Å². The van der Waals surface area contributed by atoms with Crippen LogP contribution >= 0.6 is 15.9 Å². The van der Waals surface area contributed by atoms with Crippen molar-refractivity contribution >= 4 is 15.9 Å². The van der Waals surface area contributed by atoms with Gasteiger partial charge in [0, 0.05) is 4.47 Å². The van der Waals surface area contributed by atoms with Crippen molar-refractivity contribution in [3.63, 3.8) is 0 Å². The highest BCUT2D eigenvalue weighted by Crippen LogP contribution is 2.32. The van der Waals surface area contributed by atoms with Crippen molar-refractivity contribution < 1.29 is 0 Å². The van der Waals surface area contributed by atoms with Gasteiger partial charge in [-0.05, 0) is 52.0 Å². The van der Waals surface area contributed by atoms with Crippen LogP contribution in [0.3, 0.4) is 0 Å². The Hall–Kier alpha value is -1.08. The average molecular weight is 261 g/mol. The molecule has 1 heteroatoms. The fourth-order valence-corrected chi connectivity index (χ4v) is 2.30. The lowest BCUT2D eigenvalue weighted by Crippen LogP contribution is -1.86. The topological polar surface area (TPSA) is 0 Å². The predicted octanol–water partition coefficient (Wildman–Crippen LogP) is 4.73. The van der Waals surface area contributed by atoms with E-state index in [1.165, 1.54) is 26.7 Å². The molecule has 0 aromatic heterocycles. The van der Waals surface area contributed by atoms with Crippen LogP contribution in [0.1, 0.15) is 11.1 Å². The van der Waals surface area contributed by atoms with Crippen LogP contribution in [0, 0.1) is 13.8 Å². The third kappa shape index (κ3) is 1.98. The summed E-state index contributed by atoms with van der Waals surface area (Å²) in [5.41, 5.74) is 5.16. The Kier molecular flexibility index (Phi) is 2.92. The number of hydrogen-bond acceptors (Lipinski definition) is 0. The smallest absolute Gasteiger partial charge is 0.0285 e. The molecule has 76 valence electrons. The summed E-state index contributed by atoms with van der Waals surface area (Å²) in [4.78, 5) is 0. The number of benzene rings is 2. The van der Waals surface area contributed by atoms with Crippen LogP contribution < -0.4 is 0 Å². The van der Waals surface area contributed by atoms with E-state index in [0.29, 0.717) is 0 Å². The Labute approximate surface area is 99.1 Å². The number of aryl methyl sites for hydroxylation is 1. The first-order chi connectivity index (χ1) is 7.20. The number of halogens is 1. The molecule has 0 heterocycles. The molecule has 0 bridgehead atoms. The average Bonchev–Trinajstić information content (AvgIpc) is 2.27. The van der Waals surface area contributed by atoms with Gasteiger partial charge in [-0.25, -0.2) is 0 Å². The fourth-order valence-electron chi connectivity index (χ4n) is 1.62. The molecule has 0 aliphatic carbocycles. The first-order valence-corrected chi connectivity index (χ1v) is 5.80.